The van der Waals surface area contributed by atoms with Gasteiger partial charge in [-0.15, -0.1) is 4.40 Å². The predicted molar refractivity (Wildman–Crippen MR) is 122 cm³/mol. The van der Waals surface area contributed by atoms with E-state index in [1.807, 2.05) is 0 Å². The standard InChI is InChI=1S/C21H21F3N2O5S2/c1-4-13-29-20(28-3)26-33-32-25-19(27)14(2)30-16-9-11-18(12-10-16)31-17-7-5-15(6-8-17)21(22,23)24/h4-12,14H,1,13H2,2-3H3,(H,25,27). The molecule has 0 aliphatic carbocycles. The Labute approximate surface area is 197 Å². The Morgan fingerprint density at radius 1 is 1.12 bits per heavy atom. The van der Waals surface area contributed by atoms with Crippen molar-refractivity contribution in [3.05, 3.63) is 66.7 Å². The summed E-state index contributed by atoms with van der Waals surface area (Å²) in [5.41, 5.74) is -0.755. The molecule has 178 valence electrons. The third-order valence-electron chi connectivity index (χ3n) is 3.71. The van der Waals surface area contributed by atoms with E-state index in [4.69, 9.17) is 18.9 Å². The van der Waals surface area contributed by atoms with Gasteiger partial charge in [-0.25, -0.2) is 0 Å². The van der Waals surface area contributed by atoms with Crippen molar-refractivity contribution >= 4 is 34.0 Å². The molecule has 1 N–H and O–H groups in total. The highest BCUT2D eigenvalue weighted by molar-refractivity contribution is 8.75. The molecule has 0 aliphatic heterocycles. The summed E-state index contributed by atoms with van der Waals surface area (Å²) >= 11 is 0. The van der Waals surface area contributed by atoms with Crippen molar-refractivity contribution in [3.8, 4) is 17.2 Å². The van der Waals surface area contributed by atoms with Gasteiger partial charge >= 0.3 is 12.3 Å². The molecule has 0 bridgehead atoms. The van der Waals surface area contributed by atoms with Gasteiger partial charge in [-0.2, -0.15) is 13.2 Å². The van der Waals surface area contributed by atoms with Crippen LogP contribution >= 0.6 is 22.0 Å². The van der Waals surface area contributed by atoms with E-state index in [2.05, 4.69) is 15.7 Å². The summed E-state index contributed by atoms with van der Waals surface area (Å²) in [5, 5.41) is 0. The fourth-order valence-corrected chi connectivity index (χ4v) is 3.30. The van der Waals surface area contributed by atoms with Crippen LogP contribution in [0.3, 0.4) is 0 Å². The molecule has 0 radical (unpaired) electrons. The normalized spacial score (nSPS) is 12.5. The van der Waals surface area contributed by atoms with Gasteiger partial charge in [-0.1, -0.05) is 12.7 Å². The van der Waals surface area contributed by atoms with Gasteiger partial charge in [0.25, 0.3) is 5.91 Å². The summed E-state index contributed by atoms with van der Waals surface area (Å²) in [6, 6.07) is 10.7. The maximum absolute atomic E-state index is 12.6. The highest BCUT2D eigenvalue weighted by Gasteiger charge is 2.30. The van der Waals surface area contributed by atoms with Gasteiger partial charge in [0.15, 0.2) is 6.10 Å². The van der Waals surface area contributed by atoms with Crippen LogP contribution in [-0.2, 0) is 20.4 Å². The SMILES string of the molecule is C=CCOC(=NSSNC(=O)C(C)Oc1ccc(Oc2ccc(C(F)(F)F)cc2)cc1)OC. The molecule has 12 heteroatoms. The summed E-state index contributed by atoms with van der Waals surface area (Å²) in [6.07, 6.45) is -3.62. The average molecular weight is 503 g/mol. The van der Waals surface area contributed by atoms with Crippen molar-refractivity contribution in [3.63, 3.8) is 0 Å². The van der Waals surface area contributed by atoms with Gasteiger partial charge in [0, 0.05) is 11.0 Å². The summed E-state index contributed by atoms with van der Waals surface area (Å²) in [4.78, 5) is 12.1. The zero-order chi connectivity index (χ0) is 24.3. The number of hydrogen-bond donors (Lipinski definition) is 1. The Bertz CT molecular complexity index is 938. The number of benzene rings is 2. The van der Waals surface area contributed by atoms with Crippen LogP contribution in [0.2, 0.25) is 0 Å². The molecule has 0 aliphatic rings. The molecule has 0 heterocycles. The highest BCUT2D eigenvalue weighted by Crippen LogP contribution is 2.31. The number of alkyl halides is 3. The quantitative estimate of drug-likeness (QED) is 0.110. The molecule has 0 fully saturated rings. The second-order valence-corrected chi connectivity index (χ2v) is 7.79. The molecule has 2 rings (SSSR count). The second-order valence-electron chi connectivity index (χ2n) is 6.14. The van der Waals surface area contributed by atoms with E-state index < -0.39 is 23.8 Å². The van der Waals surface area contributed by atoms with Crippen molar-refractivity contribution in [2.75, 3.05) is 13.7 Å². The van der Waals surface area contributed by atoms with E-state index in [9.17, 15) is 18.0 Å². The molecule has 7 nitrogen and oxygen atoms in total. The first kappa shape index (κ1) is 26.3. The molecule has 1 amide bonds. The third kappa shape index (κ3) is 9.18. The first-order valence-corrected chi connectivity index (χ1v) is 11.4. The summed E-state index contributed by atoms with van der Waals surface area (Å²) in [5.74, 6) is 0.677. The third-order valence-corrected chi connectivity index (χ3v) is 4.99. The van der Waals surface area contributed by atoms with Crippen LogP contribution in [0.25, 0.3) is 0 Å². The van der Waals surface area contributed by atoms with Crippen molar-refractivity contribution in [2.24, 2.45) is 4.40 Å². The molecule has 2 aromatic carbocycles. The van der Waals surface area contributed by atoms with Crippen molar-refractivity contribution in [2.45, 2.75) is 19.2 Å². The van der Waals surface area contributed by atoms with Crippen LogP contribution in [0, 0.1) is 0 Å². The number of ether oxygens (including phenoxy) is 4. The summed E-state index contributed by atoms with van der Waals surface area (Å²) in [7, 11) is 3.31. The fraction of sp³-hybridized carbons (Fsp3) is 0.238. The first-order valence-electron chi connectivity index (χ1n) is 9.33. The molecular formula is C21H21F3N2O5S2. The predicted octanol–water partition coefficient (Wildman–Crippen LogP) is 5.80. The zero-order valence-electron chi connectivity index (χ0n) is 17.6. The average Bonchev–Trinajstić information content (AvgIpc) is 2.79. The van der Waals surface area contributed by atoms with Crippen LogP contribution in [-0.4, -0.2) is 31.8 Å². The lowest BCUT2D eigenvalue weighted by molar-refractivity contribution is -0.137. The van der Waals surface area contributed by atoms with Gasteiger partial charge in [-0.3, -0.25) is 9.52 Å². The van der Waals surface area contributed by atoms with E-state index in [1.165, 1.54) is 19.2 Å². The van der Waals surface area contributed by atoms with Crippen LogP contribution in [0.4, 0.5) is 13.2 Å². The van der Waals surface area contributed by atoms with Gasteiger partial charge in [0.1, 0.15) is 23.9 Å². The number of nitrogens with one attached hydrogen (secondary N) is 1. The summed E-state index contributed by atoms with van der Waals surface area (Å²) < 4.78 is 65.5. The van der Waals surface area contributed by atoms with Crippen molar-refractivity contribution in [1.29, 1.82) is 0 Å². The molecular weight excluding hydrogens is 481 g/mol. The largest absolute Gasteiger partial charge is 0.481 e. The minimum atomic E-state index is -4.41. The Kier molecular flexibility index (Phi) is 10.3. The van der Waals surface area contributed by atoms with Crippen LogP contribution in [0.15, 0.2) is 65.6 Å². The topological polar surface area (TPSA) is 78.4 Å². The Hall–Kier alpha value is -2.99. The van der Waals surface area contributed by atoms with Crippen LogP contribution in [0.1, 0.15) is 12.5 Å². The molecule has 2 aromatic rings. The molecule has 33 heavy (non-hydrogen) atoms. The van der Waals surface area contributed by atoms with E-state index in [-0.39, 0.29) is 18.4 Å². The first-order chi connectivity index (χ1) is 15.7. The van der Waals surface area contributed by atoms with Crippen LogP contribution < -0.4 is 14.2 Å². The number of carbonyl (C=O) groups excluding carboxylic acids is 1. The Morgan fingerprint density at radius 3 is 2.24 bits per heavy atom. The monoisotopic (exact) mass is 502 g/mol. The smallest absolute Gasteiger partial charge is 0.416 e. The lowest BCUT2D eigenvalue weighted by Crippen LogP contribution is -2.32. The highest BCUT2D eigenvalue weighted by atomic mass is 33.1. The molecule has 0 aromatic heterocycles. The van der Waals surface area contributed by atoms with Crippen molar-refractivity contribution < 1.29 is 36.9 Å². The van der Waals surface area contributed by atoms with Gasteiger partial charge < -0.3 is 18.9 Å². The minimum Gasteiger partial charge on any atom is -0.481 e. The molecule has 0 saturated heterocycles. The van der Waals surface area contributed by atoms with Gasteiger partial charge in [0.2, 0.25) is 0 Å². The number of rotatable bonds is 10. The maximum Gasteiger partial charge on any atom is 0.416 e. The lowest BCUT2D eigenvalue weighted by atomic mass is 10.2. The molecule has 1 atom stereocenters. The number of methoxy groups -OCH3 is 1. The molecule has 0 saturated carbocycles. The van der Waals surface area contributed by atoms with E-state index >= 15 is 0 Å². The zero-order valence-corrected chi connectivity index (χ0v) is 19.3. The van der Waals surface area contributed by atoms with Crippen LogP contribution in [0.5, 0.6) is 17.2 Å². The summed E-state index contributed by atoms with van der Waals surface area (Å²) in [6.45, 7) is 5.33. The second kappa shape index (κ2) is 12.9. The van der Waals surface area contributed by atoms with E-state index in [1.54, 1.807) is 37.3 Å². The molecule has 1 unspecified atom stereocenters. The number of nitrogens with zero attached hydrogens (tertiary/aromatic N) is 1. The number of carbonyl (C=O) groups is 1. The molecule has 0 spiro atoms. The number of halogens is 3. The lowest BCUT2D eigenvalue weighted by Gasteiger charge is -2.14. The van der Waals surface area contributed by atoms with Crippen molar-refractivity contribution in [1.82, 2.24) is 4.72 Å². The Balaban J connectivity index is 1.80. The number of amides is 1. The fourth-order valence-electron chi connectivity index (χ4n) is 2.14. The maximum atomic E-state index is 12.6. The Morgan fingerprint density at radius 2 is 1.70 bits per heavy atom. The minimum absolute atomic E-state index is 0.0459. The van der Waals surface area contributed by atoms with Gasteiger partial charge in [-0.05, 0) is 55.5 Å². The van der Waals surface area contributed by atoms with E-state index in [0.29, 0.717) is 11.5 Å². The number of hydrogen-bond acceptors (Lipinski definition) is 8. The van der Waals surface area contributed by atoms with E-state index in [0.717, 1.165) is 34.1 Å². The van der Waals surface area contributed by atoms with Gasteiger partial charge in [0.05, 0.1) is 23.7 Å².